The van der Waals surface area contributed by atoms with E-state index in [0.717, 1.165) is 12.3 Å². The Balaban J connectivity index is 1.47. The molecule has 40 heavy (non-hydrogen) atoms. The predicted octanol–water partition coefficient (Wildman–Crippen LogP) is 5.84. The fraction of sp³-hybridized carbons (Fsp3) is 0.172. The molecule has 0 spiro atoms. The summed E-state index contributed by atoms with van der Waals surface area (Å²) in [7, 11) is -3.54. The number of alkyl halides is 3. The molecule has 208 valence electrons. The molecule has 0 unspecified atom stereocenters. The average Bonchev–Trinajstić information content (AvgIpc) is 3.19. The third kappa shape index (κ3) is 6.42. The standard InChI is InChI=1S/C29H27F3N4O3S/c1-20-17-24(21(2)36(20)27-12-8-7-11-26(27)29(30,31)32)18-33-34-28(37)23-15-13-22(14-16-23)19-35(40(3,38)39)25-9-5-4-6-10-25/h4-18H,19H2,1-3H3,(H,34,37). The van der Waals surface area contributed by atoms with E-state index in [1.165, 1.54) is 27.2 Å². The second-order valence-corrected chi connectivity index (χ2v) is 11.1. The molecule has 1 heterocycles. The van der Waals surface area contributed by atoms with Crippen LogP contribution in [-0.2, 0) is 22.7 Å². The van der Waals surface area contributed by atoms with Gasteiger partial charge in [-0.1, -0.05) is 42.5 Å². The molecular formula is C29H27F3N4O3S. The van der Waals surface area contributed by atoms with Gasteiger partial charge in [0.1, 0.15) is 0 Å². The minimum atomic E-state index is -4.51. The van der Waals surface area contributed by atoms with Gasteiger partial charge in [0, 0.05) is 22.5 Å². The van der Waals surface area contributed by atoms with Crippen LogP contribution >= 0.6 is 0 Å². The largest absolute Gasteiger partial charge is 0.418 e. The van der Waals surface area contributed by atoms with Crippen molar-refractivity contribution in [1.29, 1.82) is 0 Å². The zero-order valence-electron chi connectivity index (χ0n) is 22.0. The van der Waals surface area contributed by atoms with Gasteiger partial charge in [-0.05, 0) is 61.9 Å². The van der Waals surface area contributed by atoms with Crippen molar-refractivity contribution >= 4 is 27.8 Å². The smallest absolute Gasteiger partial charge is 0.317 e. The Hall–Kier alpha value is -4.38. The van der Waals surface area contributed by atoms with E-state index in [2.05, 4.69) is 10.5 Å². The highest BCUT2D eigenvalue weighted by Gasteiger charge is 2.34. The number of benzene rings is 3. The second kappa shape index (κ2) is 11.4. The number of anilines is 1. The van der Waals surface area contributed by atoms with Gasteiger partial charge in [-0.2, -0.15) is 18.3 Å². The van der Waals surface area contributed by atoms with Crippen molar-refractivity contribution in [3.63, 3.8) is 0 Å². The van der Waals surface area contributed by atoms with Crippen LogP contribution in [0.5, 0.6) is 0 Å². The Morgan fingerprint density at radius 1 is 0.975 bits per heavy atom. The summed E-state index contributed by atoms with van der Waals surface area (Å²) in [6.07, 6.45) is -2.00. The van der Waals surface area contributed by atoms with Crippen molar-refractivity contribution in [3.05, 3.63) is 119 Å². The summed E-state index contributed by atoms with van der Waals surface area (Å²) in [4.78, 5) is 12.6. The van der Waals surface area contributed by atoms with Gasteiger partial charge in [0.05, 0.1) is 36.0 Å². The number of sulfonamides is 1. The molecule has 0 bridgehead atoms. The lowest BCUT2D eigenvalue weighted by Gasteiger charge is -2.22. The lowest BCUT2D eigenvalue weighted by Crippen LogP contribution is -2.29. The number of aryl methyl sites for hydroxylation is 1. The number of hydrazone groups is 1. The summed E-state index contributed by atoms with van der Waals surface area (Å²) in [5.41, 5.74) is 4.86. The zero-order valence-corrected chi connectivity index (χ0v) is 22.8. The Morgan fingerprint density at radius 3 is 2.23 bits per heavy atom. The zero-order chi connectivity index (χ0) is 29.1. The maximum absolute atomic E-state index is 13.6. The van der Waals surface area contributed by atoms with Gasteiger partial charge in [-0.3, -0.25) is 9.10 Å². The van der Waals surface area contributed by atoms with Crippen molar-refractivity contribution in [3.8, 4) is 5.69 Å². The van der Waals surface area contributed by atoms with Crippen LogP contribution in [0, 0.1) is 13.8 Å². The molecule has 0 radical (unpaired) electrons. The van der Waals surface area contributed by atoms with Gasteiger partial charge in [0.2, 0.25) is 10.0 Å². The molecule has 0 saturated heterocycles. The van der Waals surface area contributed by atoms with E-state index < -0.39 is 27.7 Å². The summed E-state index contributed by atoms with van der Waals surface area (Å²) in [6, 6.07) is 22.2. The predicted molar refractivity (Wildman–Crippen MR) is 149 cm³/mol. The molecule has 1 N–H and O–H groups in total. The molecule has 1 amide bonds. The van der Waals surface area contributed by atoms with E-state index in [0.29, 0.717) is 33.8 Å². The van der Waals surface area contributed by atoms with Gasteiger partial charge in [0.25, 0.3) is 5.91 Å². The Kier molecular flexibility index (Phi) is 8.15. The van der Waals surface area contributed by atoms with Crippen LogP contribution < -0.4 is 9.73 Å². The topological polar surface area (TPSA) is 83.8 Å². The second-order valence-electron chi connectivity index (χ2n) is 9.18. The molecule has 0 aliphatic heterocycles. The maximum Gasteiger partial charge on any atom is 0.418 e. The van der Waals surface area contributed by atoms with Crippen LogP contribution in [0.4, 0.5) is 18.9 Å². The van der Waals surface area contributed by atoms with E-state index in [-0.39, 0.29) is 12.2 Å². The molecule has 11 heteroatoms. The molecule has 0 atom stereocenters. The maximum atomic E-state index is 13.6. The Bertz CT molecular complexity index is 1650. The van der Waals surface area contributed by atoms with Gasteiger partial charge in [-0.15, -0.1) is 0 Å². The van der Waals surface area contributed by atoms with Crippen LogP contribution in [-0.4, -0.2) is 31.4 Å². The molecule has 0 fully saturated rings. The third-order valence-corrected chi connectivity index (χ3v) is 7.42. The van der Waals surface area contributed by atoms with Crippen molar-refractivity contribution in [2.45, 2.75) is 26.6 Å². The minimum Gasteiger partial charge on any atom is -0.317 e. The lowest BCUT2D eigenvalue weighted by atomic mass is 10.1. The van der Waals surface area contributed by atoms with Crippen molar-refractivity contribution in [2.75, 3.05) is 10.6 Å². The first-order chi connectivity index (χ1) is 18.9. The number of aromatic nitrogens is 1. The van der Waals surface area contributed by atoms with Crippen LogP contribution in [0.1, 0.15) is 38.4 Å². The van der Waals surface area contributed by atoms with Crippen molar-refractivity contribution in [1.82, 2.24) is 9.99 Å². The van der Waals surface area contributed by atoms with Gasteiger partial charge in [0.15, 0.2) is 0 Å². The fourth-order valence-corrected chi connectivity index (χ4v) is 5.23. The van der Waals surface area contributed by atoms with E-state index in [1.807, 2.05) is 0 Å². The normalized spacial score (nSPS) is 12.1. The number of rotatable bonds is 8. The summed E-state index contributed by atoms with van der Waals surface area (Å²) in [5, 5.41) is 3.99. The molecule has 0 aliphatic carbocycles. The molecule has 7 nitrogen and oxygen atoms in total. The SMILES string of the molecule is Cc1cc(C=NNC(=O)c2ccc(CN(c3ccccc3)S(C)(=O)=O)cc2)c(C)n1-c1ccccc1C(F)(F)F. The lowest BCUT2D eigenvalue weighted by molar-refractivity contribution is -0.137. The Labute approximate surface area is 230 Å². The van der Waals surface area contributed by atoms with Gasteiger partial charge in [-0.25, -0.2) is 13.8 Å². The van der Waals surface area contributed by atoms with E-state index in [4.69, 9.17) is 0 Å². The van der Waals surface area contributed by atoms with Gasteiger partial charge >= 0.3 is 6.18 Å². The molecule has 4 rings (SSSR count). The molecule has 1 aromatic heterocycles. The minimum absolute atomic E-state index is 0.00970. The highest BCUT2D eigenvalue weighted by Crippen LogP contribution is 2.35. The number of nitrogens with one attached hydrogen (secondary N) is 1. The molecule has 0 aliphatic rings. The highest BCUT2D eigenvalue weighted by atomic mass is 32.2. The third-order valence-electron chi connectivity index (χ3n) is 6.28. The number of amides is 1. The van der Waals surface area contributed by atoms with E-state index in [9.17, 15) is 26.4 Å². The number of para-hydroxylation sites is 2. The van der Waals surface area contributed by atoms with E-state index >= 15 is 0 Å². The quantitative estimate of drug-likeness (QED) is 0.214. The van der Waals surface area contributed by atoms with E-state index in [1.54, 1.807) is 80.6 Å². The number of halogens is 3. The number of carbonyl (C=O) groups excluding carboxylic acids is 1. The molecule has 0 saturated carbocycles. The average molecular weight is 569 g/mol. The summed E-state index contributed by atoms with van der Waals surface area (Å²) >= 11 is 0. The number of hydrogen-bond donors (Lipinski definition) is 1. The van der Waals surface area contributed by atoms with Crippen molar-refractivity contribution < 1.29 is 26.4 Å². The molecular weight excluding hydrogens is 541 g/mol. The molecule has 3 aromatic carbocycles. The number of nitrogens with zero attached hydrogens (tertiary/aromatic N) is 3. The first-order valence-electron chi connectivity index (χ1n) is 12.2. The van der Waals surface area contributed by atoms with Crippen molar-refractivity contribution in [2.24, 2.45) is 5.10 Å². The first kappa shape index (κ1) is 28.6. The summed E-state index contributed by atoms with van der Waals surface area (Å²) < 4.78 is 68.1. The van der Waals surface area contributed by atoms with Crippen LogP contribution in [0.3, 0.4) is 0 Å². The first-order valence-corrected chi connectivity index (χ1v) is 14.0. The molecule has 4 aromatic rings. The Morgan fingerprint density at radius 2 is 1.60 bits per heavy atom. The monoisotopic (exact) mass is 568 g/mol. The number of hydrogen-bond acceptors (Lipinski definition) is 4. The number of carbonyl (C=O) groups is 1. The fourth-order valence-electron chi connectivity index (χ4n) is 4.34. The van der Waals surface area contributed by atoms with Crippen LogP contribution in [0.15, 0.2) is 90.0 Å². The highest BCUT2D eigenvalue weighted by molar-refractivity contribution is 7.92. The summed E-state index contributed by atoms with van der Waals surface area (Å²) in [6.45, 7) is 3.47. The van der Waals surface area contributed by atoms with Crippen LogP contribution in [0.25, 0.3) is 5.69 Å². The van der Waals surface area contributed by atoms with Crippen LogP contribution in [0.2, 0.25) is 0 Å². The summed E-state index contributed by atoms with van der Waals surface area (Å²) in [5.74, 6) is -0.498. The van der Waals surface area contributed by atoms with Gasteiger partial charge < -0.3 is 4.57 Å².